The van der Waals surface area contributed by atoms with E-state index in [-0.39, 0.29) is 5.41 Å². The maximum Gasteiger partial charge on any atom is 0.0967 e. The summed E-state index contributed by atoms with van der Waals surface area (Å²) in [4.78, 5) is 8.73. The van der Waals surface area contributed by atoms with Gasteiger partial charge in [-0.15, -0.1) is 0 Å². The number of rotatable bonds is 2. The van der Waals surface area contributed by atoms with Crippen LogP contribution in [0, 0.1) is 69.0 Å². The van der Waals surface area contributed by atoms with Crippen molar-refractivity contribution in [3.63, 3.8) is 0 Å². The van der Waals surface area contributed by atoms with E-state index in [4.69, 9.17) is 0 Å². The third-order valence-electron chi connectivity index (χ3n) is 18.5. The maximum absolute atomic E-state index is 11.9. The molecule has 3 nitrogen and oxygen atoms in total. The molecule has 0 saturated heterocycles. The third-order valence-corrected chi connectivity index (χ3v) is 18.5. The summed E-state index contributed by atoms with van der Waals surface area (Å²) < 4.78 is 0. The smallest absolute Gasteiger partial charge is 0.0967 e. The number of aliphatic hydroxyl groups is 1. The lowest BCUT2D eigenvalue weighted by molar-refractivity contribution is -0.128. The van der Waals surface area contributed by atoms with Gasteiger partial charge in [-0.05, 0) is 183 Å². The van der Waals surface area contributed by atoms with Crippen LogP contribution < -0.4 is 0 Å². The second kappa shape index (κ2) is 13.0. The van der Waals surface area contributed by atoms with Gasteiger partial charge in [0.15, 0.2) is 0 Å². The van der Waals surface area contributed by atoms with Crippen molar-refractivity contribution >= 4 is 5.57 Å². The Balaban J connectivity index is 0.000000141. The first kappa shape index (κ1) is 36.1. The van der Waals surface area contributed by atoms with Gasteiger partial charge in [-0.3, -0.25) is 9.97 Å². The SMILES string of the molecule is C[C@H]1CC[C@@]2(C)C(=CCC3C2CC[C@@]2(C)C3CCC2(O)c2cccnc2)C1.C[C@H]1CC[C@@]2(C)C(=CCC3C2CC[C@]2(C)C(c4cccnc4)=CCC32)C1. The average molecular weight is 713 g/mol. The minimum absolute atomic E-state index is 0.0130. The number of fused-ring (bicyclic) bond motifs is 10. The number of nitrogens with zero attached hydrogens (tertiary/aromatic N) is 2. The number of aromatic nitrogens is 2. The molecule has 0 aromatic carbocycles. The van der Waals surface area contributed by atoms with Gasteiger partial charge in [-0.2, -0.15) is 0 Å². The van der Waals surface area contributed by atoms with Gasteiger partial charge in [0.05, 0.1) is 5.60 Å². The first-order chi connectivity index (χ1) is 25.4. The lowest BCUT2D eigenvalue weighted by Gasteiger charge is -2.59. The Bertz CT molecular complexity index is 1780. The van der Waals surface area contributed by atoms with Crippen molar-refractivity contribution in [3.05, 3.63) is 89.6 Å². The fourth-order valence-corrected chi connectivity index (χ4v) is 15.3. The van der Waals surface area contributed by atoms with Crippen molar-refractivity contribution in [2.24, 2.45) is 69.0 Å². The molecule has 0 aliphatic heterocycles. The van der Waals surface area contributed by atoms with E-state index in [9.17, 15) is 5.11 Å². The van der Waals surface area contributed by atoms with E-state index >= 15 is 0 Å². The monoisotopic (exact) mass is 713 g/mol. The quantitative estimate of drug-likeness (QED) is 0.315. The molecule has 5 saturated carbocycles. The standard InChI is InChI=1S/C25H35NO.C25H33N/c1-17-8-11-23(2)18(15-17)6-7-20-21(23)9-12-24(3)22(20)10-13-25(24,27)19-5-4-14-26-16-19;1-17-10-12-24(2)19(15-17)6-7-20-22-9-8-21(18-5-4-14-26-16-18)25(22,3)13-11-23(20)24/h4-6,14,16-17,20-22,27H,7-13,15H2,1-3H3;4-6,8,14,16-17,20,22-23H,7,9-13,15H2,1-3H3/t17-,20?,21?,22?,23-,24-,25?;17-,20?,22?,23?,24-,25+/m00/s1. The van der Waals surface area contributed by atoms with Crippen LogP contribution in [0.5, 0.6) is 0 Å². The highest BCUT2D eigenvalue weighted by Gasteiger charge is 2.64. The number of hydrogen-bond donors (Lipinski definition) is 1. The van der Waals surface area contributed by atoms with Crippen LogP contribution in [0.3, 0.4) is 0 Å². The Labute approximate surface area is 321 Å². The molecule has 8 aliphatic carbocycles. The summed E-state index contributed by atoms with van der Waals surface area (Å²) in [7, 11) is 0. The van der Waals surface area contributed by atoms with E-state index < -0.39 is 5.60 Å². The molecule has 13 atom stereocenters. The number of hydrogen-bond acceptors (Lipinski definition) is 3. The molecule has 10 rings (SSSR count). The third kappa shape index (κ3) is 5.42. The zero-order chi connectivity index (χ0) is 36.8. The molecule has 0 amide bonds. The normalized spacial score (nSPS) is 46.7. The molecular weight excluding hydrogens is 645 g/mol. The first-order valence-corrected chi connectivity index (χ1v) is 22.0. The second-order valence-electron chi connectivity index (χ2n) is 20.9. The predicted octanol–water partition coefficient (Wildman–Crippen LogP) is 12.5. The summed E-state index contributed by atoms with van der Waals surface area (Å²) in [5.41, 5.74) is 8.13. The van der Waals surface area contributed by atoms with Gasteiger partial charge in [0, 0.05) is 35.8 Å². The van der Waals surface area contributed by atoms with Crippen LogP contribution in [0.25, 0.3) is 5.57 Å². The molecule has 0 bridgehead atoms. The Kier molecular flexibility index (Phi) is 8.88. The molecule has 53 heavy (non-hydrogen) atoms. The topological polar surface area (TPSA) is 46.0 Å². The molecule has 284 valence electrons. The Morgan fingerprint density at radius 1 is 0.585 bits per heavy atom. The maximum atomic E-state index is 11.9. The minimum Gasteiger partial charge on any atom is -0.385 e. The van der Waals surface area contributed by atoms with Gasteiger partial charge in [0.25, 0.3) is 0 Å². The Morgan fingerprint density at radius 3 is 1.75 bits per heavy atom. The molecule has 7 unspecified atom stereocenters. The minimum atomic E-state index is -0.705. The Hall–Kier alpha value is -2.52. The highest BCUT2D eigenvalue weighted by Crippen LogP contribution is 2.70. The fourth-order valence-electron chi connectivity index (χ4n) is 15.3. The van der Waals surface area contributed by atoms with Gasteiger partial charge in [-0.25, -0.2) is 0 Å². The summed E-state index contributed by atoms with van der Waals surface area (Å²) in [6, 6.07) is 8.44. The zero-order valence-electron chi connectivity index (χ0n) is 33.9. The summed E-state index contributed by atoms with van der Waals surface area (Å²) in [5, 5.41) is 11.9. The van der Waals surface area contributed by atoms with E-state index in [1.165, 1.54) is 89.0 Å². The lowest BCUT2D eigenvalue weighted by Crippen LogP contribution is -2.53. The number of pyridine rings is 2. The summed E-state index contributed by atoms with van der Waals surface area (Å²) >= 11 is 0. The van der Waals surface area contributed by atoms with E-state index in [0.717, 1.165) is 59.8 Å². The van der Waals surface area contributed by atoms with Crippen molar-refractivity contribution < 1.29 is 5.11 Å². The highest BCUT2D eigenvalue weighted by molar-refractivity contribution is 5.72. The molecule has 5 fully saturated rings. The van der Waals surface area contributed by atoms with Crippen molar-refractivity contribution in [1.82, 2.24) is 9.97 Å². The van der Waals surface area contributed by atoms with Crippen LogP contribution in [0.2, 0.25) is 0 Å². The van der Waals surface area contributed by atoms with E-state index in [0.29, 0.717) is 22.2 Å². The largest absolute Gasteiger partial charge is 0.385 e. The van der Waals surface area contributed by atoms with Crippen molar-refractivity contribution in [2.45, 2.75) is 143 Å². The van der Waals surface area contributed by atoms with Crippen molar-refractivity contribution in [3.8, 4) is 0 Å². The van der Waals surface area contributed by atoms with Gasteiger partial charge in [0.1, 0.15) is 0 Å². The van der Waals surface area contributed by atoms with Gasteiger partial charge >= 0.3 is 0 Å². The van der Waals surface area contributed by atoms with Crippen LogP contribution in [0.15, 0.2) is 78.4 Å². The predicted molar refractivity (Wildman–Crippen MR) is 217 cm³/mol. The van der Waals surface area contributed by atoms with E-state index in [1.54, 1.807) is 11.1 Å². The first-order valence-electron chi connectivity index (χ1n) is 22.0. The Morgan fingerprint density at radius 2 is 1.15 bits per heavy atom. The average Bonchev–Trinajstić information content (AvgIpc) is 3.67. The molecule has 3 heteroatoms. The fraction of sp³-hybridized carbons (Fsp3) is 0.680. The van der Waals surface area contributed by atoms with Crippen LogP contribution >= 0.6 is 0 Å². The second-order valence-corrected chi connectivity index (χ2v) is 20.9. The molecule has 0 radical (unpaired) electrons. The summed E-state index contributed by atoms with van der Waals surface area (Å²) in [5.74, 6) is 6.56. The molecule has 2 aromatic rings. The lowest BCUT2D eigenvalue weighted by atomic mass is 9.46. The van der Waals surface area contributed by atoms with E-state index in [1.807, 2.05) is 30.2 Å². The van der Waals surface area contributed by atoms with Gasteiger partial charge < -0.3 is 5.11 Å². The van der Waals surface area contributed by atoms with Crippen LogP contribution in [-0.4, -0.2) is 15.1 Å². The van der Waals surface area contributed by atoms with Crippen molar-refractivity contribution in [1.29, 1.82) is 0 Å². The van der Waals surface area contributed by atoms with Crippen molar-refractivity contribution in [2.75, 3.05) is 0 Å². The highest BCUT2D eigenvalue weighted by atomic mass is 16.3. The molecular formula is C50H68N2O. The summed E-state index contributed by atoms with van der Waals surface area (Å²) in [6.45, 7) is 15.0. The van der Waals surface area contributed by atoms with Crippen LogP contribution in [-0.2, 0) is 5.60 Å². The van der Waals surface area contributed by atoms with Gasteiger partial charge in [-0.1, -0.05) is 83.0 Å². The molecule has 0 spiro atoms. The van der Waals surface area contributed by atoms with Crippen LogP contribution in [0.1, 0.15) is 149 Å². The summed E-state index contributed by atoms with van der Waals surface area (Å²) in [6.07, 6.45) is 35.0. The van der Waals surface area contributed by atoms with Crippen LogP contribution in [0.4, 0.5) is 0 Å². The molecule has 1 N–H and O–H groups in total. The van der Waals surface area contributed by atoms with E-state index in [2.05, 4.69) is 94.1 Å². The molecule has 2 heterocycles. The molecule has 2 aromatic heterocycles. The zero-order valence-corrected chi connectivity index (χ0v) is 33.9. The number of allylic oxidation sites excluding steroid dienone is 6. The van der Waals surface area contributed by atoms with Gasteiger partial charge in [0.2, 0.25) is 0 Å². The molecule has 8 aliphatic rings.